The minimum absolute atomic E-state index is 0.961. The molecule has 1 aromatic carbocycles. The summed E-state index contributed by atoms with van der Waals surface area (Å²) in [6.07, 6.45) is 3.58. The standard InChI is InChI=1S/C12H15N/c1-8(2)10-7-6-9-4-3-5-11(9)12(10)13/h6-7H,1,3-5,13H2,2H3. The van der Waals surface area contributed by atoms with Gasteiger partial charge in [-0.15, -0.1) is 0 Å². The van der Waals surface area contributed by atoms with E-state index in [1.165, 1.54) is 24.0 Å². The molecule has 0 bridgehead atoms. The quantitative estimate of drug-likeness (QED) is 0.649. The monoisotopic (exact) mass is 173 g/mol. The second-order valence-electron chi connectivity index (χ2n) is 3.80. The summed E-state index contributed by atoms with van der Waals surface area (Å²) in [5, 5.41) is 0. The van der Waals surface area contributed by atoms with Gasteiger partial charge in [0.2, 0.25) is 0 Å². The van der Waals surface area contributed by atoms with Crippen LogP contribution in [0.2, 0.25) is 0 Å². The van der Waals surface area contributed by atoms with Crippen LogP contribution in [0.1, 0.15) is 30.0 Å². The molecule has 0 saturated heterocycles. The maximum Gasteiger partial charge on any atom is 0.0425 e. The van der Waals surface area contributed by atoms with Crippen LogP contribution in [0.25, 0.3) is 5.57 Å². The van der Waals surface area contributed by atoms with Gasteiger partial charge in [0.25, 0.3) is 0 Å². The molecule has 1 aliphatic rings. The van der Waals surface area contributed by atoms with E-state index >= 15 is 0 Å². The number of rotatable bonds is 1. The van der Waals surface area contributed by atoms with Crippen LogP contribution in [0, 0.1) is 0 Å². The van der Waals surface area contributed by atoms with Crippen molar-refractivity contribution in [2.45, 2.75) is 26.2 Å². The molecule has 1 heteroatoms. The number of hydrogen-bond donors (Lipinski definition) is 1. The van der Waals surface area contributed by atoms with Gasteiger partial charge in [-0.25, -0.2) is 0 Å². The summed E-state index contributed by atoms with van der Waals surface area (Å²) < 4.78 is 0. The van der Waals surface area contributed by atoms with E-state index in [4.69, 9.17) is 5.73 Å². The number of nitrogen functional groups attached to an aromatic ring is 1. The van der Waals surface area contributed by atoms with Crippen molar-refractivity contribution in [3.8, 4) is 0 Å². The summed E-state index contributed by atoms with van der Waals surface area (Å²) in [7, 11) is 0. The maximum absolute atomic E-state index is 6.07. The van der Waals surface area contributed by atoms with Gasteiger partial charge in [0, 0.05) is 11.3 Å². The van der Waals surface area contributed by atoms with Crippen molar-refractivity contribution in [3.63, 3.8) is 0 Å². The lowest BCUT2D eigenvalue weighted by atomic mass is 9.99. The van der Waals surface area contributed by atoms with Gasteiger partial charge >= 0.3 is 0 Å². The Bertz CT molecular complexity index is 364. The first-order valence-electron chi connectivity index (χ1n) is 4.76. The molecule has 2 N–H and O–H groups in total. The Morgan fingerprint density at radius 2 is 2.15 bits per heavy atom. The van der Waals surface area contributed by atoms with Crippen LogP contribution in [0.5, 0.6) is 0 Å². The van der Waals surface area contributed by atoms with Crippen LogP contribution in [-0.2, 0) is 12.8 Å². The third-order valence-electron chi connectivity index (χ3n) is 2.79. The van der Waals surface area contributed by atoms with Crippen molar-refractivity contribution in [2.75, 3.05) is 5.73 Å². The Hall–Kier alpha value is -1.24. The molecule has 1 nitrogen and oxygen atoms in total. The van der Waals surface area contributed by atoms with Crippen molar-refractivity contribution in [3.05, 3.63) is 35.4 Å². The maximum atomic E-state index is 6.07. The Morgan fingerprint density at radius 3 is 2.85 bits per heavy atom. The van der Waals surface area contributed by atoms with E-state index < -0.39 is 0 Å². The number of anilines is 1. The third kappa shape index (κ3) is 1.24. The van der Waals surface area contributed by atoms with Crippen molar-refractivity contribution in [2.24, 2.45) is 0 Å². The highest BCUT2D eigenvalue weighted by atomic mass is 14.6. The summed E-state index contributed by atoms with van der Waals surface area (Å²) in [6.45, 7) is 5.94. The average molecular weight is 173 g/mol. The molecular weight excluding hydrogens is 158 g/mol. The van der Waals surface area contributed by atoms with Crippen molar-refractivity contribution in [1.29, 1.82) is 0 Å². The van der Waals surface area contributed by atoms with Gasteiger partial charge in [-0.3, -0.25) is 0 Å². The summed E-state index contributed by atoms with van der Waals surface area (Å²) in [5.41, 5.74) is 12.0. The first kappa shape index (κ1) is 8.36. The lowest BCUT2D eigenvalue weighted by Gasteiger charge is -2.09. The van der Waals surface area contributed by atoms with Gasteiger partial charge < -0.3 is 5.73 Å². The summed E-state index contributed by atoms with van der Waals surface area (Å²) >= 11 is 0. The van der Waals surface area contributed by atoms with Crippen LogP contribution in [0.15, 0.2) is 18.7 Å². The molecule has 2 rings (SSSR count). The molecule has 68 valence electrons. The van der Waals surface area contributed by atoms with Crippen LogP contribution in [0.3, 0.4) is 0 Å². The fourth-order valence-corrected chi connectivity index (χ4v) is 2.07. The molecule has 0 unspecified atom stereocenters. The van der Waals surface area contributed by atoms with Crippen LogP contribution >= 0.6 is 0 Å². The number of aryl methyl sites for hydroxylation is 1. The Morgan fingerprint density at radius 1 is 1.38 bits per heavy atom. The highest BCUT2D eigenvalue weighted by molar-refractivity contribution is 5.76. The fourth-order valence-electron chi connectivity index (χ4n) is 2.07. The molecule has 0 fully saturated rings. The Labute approximate surface area is 79.3 Å². The van der Waals surface area contributed by atoms with Crippen LogP contribution in [-0.4, -0.2) is 0 Å². The lowest BCUT2D eigenvalue weighted by Crippen LogP contribution is -1.98. The predicted octanol–water partition coefficient (Wildman–Crippen LogP) is 2.79. The van der Waals surface area contributed by atoms with Crippen LogP contribution in [0.4, 0.5) is 5.69 Å². The lowest BCUT2D eigenvalue weighted by molar-refractivity contribution is 0.912. The van der Waals surface area contributed by atoms with Gasteiger partial charge in [-0.2, -0.15) is 0 Å². The number of hydrogen-bond acceptors (Lipinski definition) is 1. The second kappa shape index (κ2) is 2.91. The largest absolute Gasteiger partial charge is 0.398 e. The van der Waals surface area contributed by atoms with Gasteiger partial charge in [0.15, 0.2) is 0 Å². The normalized spacial score (nSPS) is 14.2. The first-order valence-corrected chi connectivity index (χ1v) is 4.76. The van der Waals surface area contributed by atoms with E-state index in [1.54, 1.807) is 0 Å². The average Bonchev–Trinajstić information content (AvgIpc) is 2.52. The molecule has 0 atom stereocenters. The number of allylic oxidation sites excluding steroid dienone is 1. The van der Waals surface area contributed by atoms with Gasteiger partial charge in [0.1, 0.15) is 0 Å². The first-order chi connectivity index (χ1) is 6.20. The zero-order valence-corrected chi connectivity index (χ0v) is 8.06. The van der Waals surface area contributed by atoms with Gasteiger partial charge in [0.05, 0.1) is 0 Å². The molecule has 0 amide bonds. The molecule has 0 saturated carbocycles. The predicted molar refractivity (Wildman–Crippen MR) is 57.6 cm³/mol. The molecule has 13 heavy (non-hydrogen) atoms. The van der Waals surface area contributed by atoms with E-state index in [1.807, 2.05) is 6.92 Å². The summed E-state index contributed by atoms with van der Waals surface area (Å²) in [4.78, 5) is 0. The minimum atomic E-state index is 0.961. The number of nitrogens with two attached hydrogens (primary N) is 1. The Kier molecular flexibility index (Phi) is 1.87. The van der Waals surface area contributed by atoms with E-state index in [2.05, 4.69) is 18.7 Å². The smallest absolute Gasteiger partial charge is 0.0425 e. The molecular formula is C12H15N. The summed E-state index contributed by atoms with van der Waals surface area (Å²) in [5.74, 6) is 0. The highest BCUT2D eigenvalue weighted by Crippen LogP contribution is 2.32. The van der Waals surface area contributed by atoms with Gasteiger partial charge in [-0.05, 0) is 42.9 Å². The Balaban J connectivity index is 2.59. The van der Waals surface area contributed by atoms with Gasteiger partial charge in [-0.1, -0.05) is 18.7 Å². The zero-order valence-electron chi connectivity index (χ0n) is 8.06. The number of benzene rings is 1. The second-order valence-corrected chi connectivity index (χ2v) is 3.80. The molecule has 1 aliphatic carbocycles. The molecule has 0 spiro atoms. The molecule has 0 aromatic heterocycles. The van der Waals surface area contributed by atoms with Crippen molar-refractivity contribution in [1.82, 2.24) is 0 Å². The fraction of sp³-hybridized carbons (Fsp3) is 0.333. The van der Waals surface area contributed by atoms with Crippen molar-refractivity contribution < 1.29 is 0 Å². The van der Waals surface area contributed by atoms with E-state index in [0.717, 1.165) is 23.2 Å². The minimum Gasteiger partial charge on any atom is -0.398 e. The molecule has 0 aliphatic heterocycles. The van der Waals surface area contributed by atoms with E-state index in [0.29, 0.717) is 0 Å². The molecule has 0 radical (unpaired) electrons. The molecule has 1 aromatic rings. The third-order valence-corrected chi connectivity index (χ3v) is 2.79. The van der Waals surface area contributed by atoms with E-state index in [-0.39, 0.29) is 0 Å². The SMILES string of the molecule is C=C(C)c1ccc2c(c1N)CCC2. The van der Waals surface area contributed by atoms with Crippen molar-refractivity contribution >= 4 is 11.3 Å². The topological polar surface area (TPSA) is 26.0 Å². The molecule has 0 heterocycles. The van der Waals surface area contributed by atoms with Crippen LogP contribution < -0.4 is 5.73 Å². The number of fused-ring (bicyclic) bond motifs is 1. The highest BCUT2D eigenvalue weighted by Gasteiger charge is 2.15. The van der Waals surface area contributed by atoms with E-state index in [9.17, 15) is 0 Å². The summed E-state index contributed by atoms with van der Waals surface area (Å²) in [6, 6.07) is 4.30. The zero-order chi connectivity index (χ0) is 9.42.